The van der Waals surface area contributed by atoms with Gasteiger partial charge in [-0.2, -0.15) is 5.10 Å². The first-order valence-electron chi connectivity index (χ1n) is 11.8. The number of rotatable bonds is 8. The maximum absolute atomic E-state index is 6.31. The number of nitrogens with zero attached hydrogens (tertiary/aromatic N) is 4. The van der Waals surface area contributed by atoms with Gasteiger partial charge in [-0.3, -0.25) is 10.1 Å². The molecule has 4 aromatic rings. The Kier molecular flexibility index (Phi) is 6.57. The zero-order valence-corrected chi connectivity index (χ0v) is 21.5. The van der Waals surface area contributed by atoms with Gasteiger partial charge in [-0.05, 0) is 57.1 Å². The highest BCUT2D eigenvalue weighted by molar-refractivity contribution is 6.35. The molecule has 1 fully saturated rings. The highest BCUT2D eigenvalue weighted by Crippen LogP contribution is 2.35. The summed E-state index contributed by atoms with van der Waals surface area (Å²) in [5, 5.41) is 13.2. The van der Waals surface area contributed by atoms with E-state index in [1.165, 1.54) is 0 Å². The second-order valence-electron chi connectivity index (χ2n) is 9.31. The number of ether oxygens (including phenoxy) is 1. The highest BCUT2D eigenvalue weighted by atomic mass is 35.5. The van der Waals surface area contributed by atoms with Gasteiger partial charge in [0.15, 0.2) is 0 Å². The summed E-state index contributed by atoms with van der Waals surface area (Å²) in [5.41, 5.74) is 3.56. The number of hydrogen-bond donors (Lipinski definition) is 2. The van der Waals surface area contributed by atoms with E-state index in [-0.39, 0.29) is 11.6 Å². The van der Waals surface area contributed by atoms with E-state index in [0.29, 0.717) is 21.4 Å². The van der Waals surface area contributed by atoms with Gasteiger partial charge in [0, 0.05) is 48.2 Å². The molecule has 0 saturated carbocycles. The fourth-order valence-corrected chi connectivity index (χ4v) is 5.24. The van der Waals surface area contributed by atoms with Crippen LogP contribution in [0.5, 0.6) is 5.75 Å². The van der Waals surface area contributed by atoms with Gasteiger partial charge in [-0.15, -0.1) is 0 Å². The topological polar surface area (TPSA) is 79.0 Å². The third kappa shape index (κ3) is 4.81. The Morgan fingerprint density at radius 1 is 1.14 bits per heavy atom. The van der Waals surface area contributed by atoms with E-state index < -0.39 is 0 Å². The molecular formula is C26H28Cl2N6O. The summed E-state index contributed by atoms with van der Waals surface area (Å²) in [4.78, 5) is 11.0. The van der Waals surface area contributed by atoms with E-state index in [1.807, 2.05) is 31.3 Å². The molecule has 35 heavy (non-hydrogen) atoms. The second kappa shape index (κ2) is 9.64. The van der Waals surface area contributed by atoms with Crippen molar-refractivity contribution in [3.63, 3.8) is 0 Å². The van der Waals surface area contributed by atoms with Crippen LogP contribution in [0.15, 0.2) is 48.9 Å². The number of halogens is 2. The van der Waals surface area contributed by atoms with Crippen LogP contribution >= 0.6 is 23.2 Å². The predicted molar refractivity (Wildman–Crippen MR) is 142 cm³/mol. The van der Waals surface area contributed by atoms with Gasteiger partial charge in [0.1, 0.15) is 23.4 Å². The summed E-state index contributed by atoms with van der Waals surface area (Å²) < 4.78 is 6.18. The fourth-order valence-electron chi connectivity index (χ4n) is 4.57. The molecule has 0 amide bonds. The van der Waals surface area contributed by atoms with Gasteiger partial charge in [0.25, 0.3) is 0 Å². The number of fused-ring (bicyclic) bond motifs is 1. The zero-order valence-electron chi connectivity index (χ0n) is 20.0. The van der Waals surface area contributed by atoms with Gasteiger partial charge in [-0.1, -0.05) is 30.1 Å². The van der Waals surface area contributed by atoms with Crippen molar-refractivity contribution in [2.45, 2.75) is 38.8 Å². The van der Waals surface area contributed by atoms with Crippen LogP contribution in [0, 0.1) is 0 Å². The lowest BCUT2D eigenvalue weighted by atomic mass is 9.92. The number of nitrogens with one attached hydrogen (secondary N) is 2. The minimum Gasteiger partial charge on any atom is -0.486 e. The van der Waals surface area contributed by atoms with E-state index in [9.17, 15) is 0 Å². The zero-order chi connectivity index (χ0) is 24.6. The molecule has 2 N–H and O–H groups in total. The summed E-state index contributed by atoms with van der Waals surface area (Å²) in [6.07, 6.45) is 5.81. The van der Waals surface area contributed by atoms with Crippen LogP contribution in [0.2, 0.25) is 10.0 Å². The van der Waals surface area contributed by atoms with Crippen LogP contribution in [0.1, 0.15) is 38.9 Å². The van der Waals surface area contributed by atoms with Crippen molar-refractivity contribution in [1.29, 1.82) is 0 Å². The van der Waals surface area contributed by atoms with Crippen molar-refractivity contribution >= 4 is 39.9 Å². The van der Waals surface area contributed by atoms with Gasteiger partial charge in [-0.25, -0.2) is 4.98 Å². The molecule has 0 aliphatic carbocycles. The van der Waals surface area contributed by atoms with Crippen LogP contribution in [0.3, 0.4) is 0 Å². The van der Waals surface area contributed by atoms with Crippen molar-refractivity contribution in [1.82, 2.24) is 25.5 Å². The number of hydrogen-bond acceptors (Lipinski definition) is 6. The summed E-state index contributed by atoms with van der Waals surface area (Å²) >= 11 is 12.6. The molecule has 9 heteroatoms. The Hall–Kier alpha value is -2.87. The summed E-state index contributed by atoms with van der Waals surface area (Å²) in [6.45, 7) is 9.31. The molecule has 1 atom stereocenters. The van der Waals surface area contributed by atoms with Gasteiger partial charge in [0.05, 0.1) is 21.1 Å². The summed E-state index contributed by atoms with van der Waals surface area (Å²) in [6, 6.07) is 9.96. The standard InChI is InChI=1S/C26H28Cl2N6O/c1-4-9-31-26(3)14-34(15-26)23-8-5-17(11-30-23)25-19-10-18(6-7-22(19)32-33-25)35-16(2)24-20(27)12-29-13-21(24)28/h5-8,10-13,16,31H,4,9,14-15H2,1-3H3,(H,32,33)/t16-/m1/s1. The van der Waals surface area contributed by atoms with Crippen LogP contribution in [0.4, 0.5) is 5.82 Å². The maximum Gasteiger partial charge on any atom is 0.128 e. The van der Waals surface area contributed by atoms with Crippen molar-refractivity contribution in [3.05, 3.63) is 64.5 Å². The molecule has 3 aromatic heterocycles. The smallest absolute Gasteiger partial charge is 0.128 e. The monoisotopic (exact) mass is 510 g/mol. The fraction of sp³-hybridized carbons (Fsp3) is 0.346. The first-order chi connectivity index (χ1) is 16.9. The lowest BCUT2D eigenvalue weighted by molar-refractivity contribution is 0.227. The first-order valence-corrected chi connectivity index (χ1v) is 12.5. The quantitative estimate of drug-likeness (QED) is 0.300. The minimum absolute atomic E-state index is 0.160. The molecule has 4 heterocycles. The van der Waals surface area contributed by atoms with E-state index in [2.05, 4.69) is 51.4 Å². The predicted octanol–water partition coefficient (Wildman–Crippen LogP) is 6.05. The molecule has 7 nitrogen and oxygen atoms in total. The highest BCUT2D eigenvalue weighted by Gasteiger charge is 2.38. The number of pyridine rings is 2. The Morgan fingerprint density at radius 3 is 2.60 bits per heavy atom. The average Bonchev–Trinajstić information content (AvgIpc) is 3.24. The Balaban J connectivity index is 1.34. The Labute approximate surface area is 214 Å². The normalized spacial score (nSPS) is 15.7. The average molecular weight is 511 g/mol. The molecule has 0 bridgehead atoms. The molecule has 1 aliphatic heterocycles. The van der Waals surface area contributed by atoms with E-state index in [0.717, 1.165) is 54.0 Å². The lowest BCUT2D eigenvalue weighted by Gasteiger charge is -2.49. The van der Waals surface area contributed by atoms with E-state index in [1.54, 1.807) is 12.4 Å². The number of aromatic amines is 1. The maximum atomic E-state index is 6.31. The Morgan fingerprint density at radius 2 is 1.91 bits per heavy atom. The van der Waals surface area contributed by atoms with Crippen LogP contribution in [-0.2, 0) is 0 Å². The second-order valence-corrected chi connectivity index (χ2v) is 10.1. The van der Waals surface area contributed by atoms with Crippen LogP contribution < -0.4 is 15.0 Å². The number of benzene rings is 1. The number of H-pyrrole nitrogens is 1. The third-order valence-electron chi connectivity index (χ3n) is 6.37. The molecule has 0 unspecified atom stereocenters. The SMILES string of the molecule is CCCNC1(C)CN(c2ccc(-c3n[nH]c4ccc(O[C@H](C)c5c(Cl)cncc5Cl)cc34)cn2)C1. The van der Waals surface area contributed by atoms with Crippen molar-refractivity contribution in [2.24, 2.45) is 0 Å². The molecular weight excluding hydrogens is 483 g/mol. The minimum atomic E-state index is -0.347. The van der Waals surface area contributed by atoms with Crippen molar-refractivity contribution in [2.75, 3.05) is 24.5 Å². The molecule has 0 radical (unpaired) electrons. The first kappa shape index (κ1) is 23.9. The number of aromatic nitrogens is 4. The van der Waals surface area contributed by atoms with Gasteiger partial charge < -0.3 is 15.0 Å². The molecule has 1 aliphatic rings. The molecule has 182 valence electrons. The molecule has 1 saturated heterocycles. The molecule has 1 aromatic carbocycles. The molecule has 0 spiro atoms. The Bertz CT molecular complexity index is 1310. The largest absolute Gasteiger partial charge is 0.486 e. The third-order valence-corrected chi connectivity index (χ3v) is 6.97. The number of anilines is 1. The van der Waals surface area contributed by atoms with Crippen LogP contribution in [-0.4, -0.2) is 45.3 Å². The van der Waals surface area contributed by atoms with Gasteiger partial charge in [0.2, 0.25) is 0 Å². The summed E-state index contributed by atoms with van der Waals surface area (Å²) in [5.74, 6) is 1.67. The van der Waals surface area contributed by atoms with E-state index in [4.69, 9.17) is 32.9 Å². The van der Waals surface area contributed by atoms with Crippen molar-refractivity contribution < 1.29 is 4.74 Å². The van der Waals surface area contributed by atoms with Crippen LogP contribution in [0.25, 0.3) is 22.2 Å². The molecule has 5 rings (SSSR count). The van der Waals surface area contributed by atoms with Gasteiger partial charge >= 0.3 is 0 Å². The van der Waals surface area contributed by atoms with E-state index >= 15 is 0 Å². The summed E-state index contributed by atoms with van der Waals surface area (Å²) in [7, 11) is 0. The lowest BCUT2D eigenvalue weighted by Crippen LogP contribution is -2.68. The van der Waals surface area contributed by atoms with Crippen molar-refractivity contribution in [3.8, 4) is 17.0 Å².